The molecule has 1 N–H and O–H groups in total. The maximum atomic E-state index is 12.5. The quantitative estimate of drug-likeness (QED) is 0.783. The summed E-state index contributed by atoms with van der Waals surface area (Å²) in [6.07, 6.45) is 2.29. The van der Waals surface area contributed by atoms with Gasteiger partial charge in [0.2, 0.25) is 0 Å². The molecule has 1 saturated heterocycles. The van der Waals surface area contributed by atoms with Crippen molar-refractivity contribution in [3.05, 3.63) is 53.6 Å². The van der Waals surface area contributed by atoms with Crippen LogP contribution in [0.2, 0.25) is 0 Å². The third-order valence-corrected chi connectivity index (χ3v) is 4.29. The third kappa shape index (κ3) is 2.14. The van der Waals surface area contributed by atoms with E-state index >= 15 is 0 Å². The molecule has 2 aliphatic rings. The van der Waals surface area contributed by atoms with Gasteiger partial charge in [0.1, 0.15) is 11.9 Å². The summed E-state index contributed by atoms with van der Waals surface area (Å²) < 4.78 is 6.04. The smallest absolute Gasteiger partial charge is 0.194 e. The summed E-state index contributed by atoms with van der Waals surface area (Å²) in [6, 6.07) is 13.7. The van der Waals surface area contributed by atoms with Crippen molar-refractivity contribution in [2.24, 2.45) is 0 Å². The molecule has 3 heteroatoms. The van der Waals surface area contributed by atoms with E-state index in [0.717, 1.165) is 53.9 Å². The molecule has 1 heterocycles. The lowest BCUT2D eigenvalue weighted by molar-refractivity contribution is 0.104. The van der Waals surface area contributed by atoms with Gasteiger partial charge in [0.15, 0.2) is 5.78 Å². The van der Waals surface area contributed by atoms with Gasteiger partial charge in [-0.1, -0.05) is 24.3 Å². The summed E-state index contributed by atoms with van der Waals surface area (Å²) in [5.74, 6) is 0.915. The molecule has 2 aromatic carbocycles. The van der Waals surface area contributed by atoms with Gasteiger partial charge >= 0.3 is 0 Å². The largest absolute Gasteiger partial charge is 0.490 e. The Balaban J connectivity index is 1.65. The Bertz CT molecular complexity index is 702. The number of rotatable bonds is 2. The predicted octanol–water partition coefficient (Wildman–Crippen LogP) is 3.03. The van der Waals surface area contributed by atoms with Crippen LogP contribution >= 0.6 is 0 Å². The van der Waals surface area contributed by atoms with Gasteiger partial charge in [0.05, 0.1) is 0 Å². The van der Waals surface area contributed by atoms with Crippen molar-refractivity contribution in [3.63, 3.8) is 0 Å². The van der Waals surface area contributed by atoms with E-state index < -0.39 is 0 Å². The van der Waals surface area contributed by atoms with Gasteiger partial charge in [-0.15, -0.1) is 0 Å². The third-order valence-electron chi connectivity index (χ3n) is 4.29. The Labute approximate surface area is 123 Å². The highest BCUT2D eigenvalue weighted by Gasteiger charge is 2.26. The average molecular weight is 279 g/mol. The van der Waals surface area contributed by atoms with Gasteiger partial charge in [0.25, 0.3) is 0 Å². The lowest BCUT2D eigenvalue weighted by Crippen LogP contribution is -2.34. The number of ketones is 1. The second-order valence-electron chi connectivity index (χ2n) is 5.65. The van der Waals surface area contributed by atoms with Crippen molar-refractivity contribution in [2.75, 3.05) is 13.1 Å². The molecule has 106 valence electrons. The van der Waals surface area contributed by atoms with Crippen LogP contribution in [0.3, 0.4) is 0 Å². The van der Waals surface area contributed by atoms with E-state index in [1.807, 2.05) is 42.5 Å². The van der Waals surface area contributed by atoms with Crippen LogP contribution in [0.15, 0.2) is 42.5 Å². The van der Waals surface area contributed by atoms with Gasteiger partial charge in [-0.25, -0.2) is 0 Å². The van der Waals surface area contributed by atoms with Crippen LogP contribution in [-0.4, -0.2) is 25.0 Å². The molecule has 1 aliphatic heterocycles. The molecule has 0 saturated carbocycles. The molecule has 0 aromatic heterocycles. The summed E-state index contributed by atoms with van der Waals surface area (Å²) >= 11 is 0. The maximum Gasteiger partial charge on any atom is 0.194 e. The van der Waals surface area contributed by atoms with Crippen LogP contribution in [-0.2, 0) is 0 Å². The fourth-order valence-electron chi connectivity index (χ4n) is 3.19. The summed E-state index contributed by atoms with van der Waals surface area (Å²) in [4.78, 5) is 12.5. The van der Waals surface area contributed by atoms with Crippen LogP contribution in [0.4, 0.5) is 0 Å². The summed E-state index contributed by atoms with van der Waals surface area (Å²) in [6.45, 7) is 2.00. The van der Waals surface area contributed by atoms with E-state index in [1.54, 1.807) is 0 Å². The van der Waals surface area contributed by atoms with Gasteiger partial charge in [0, 0.05) is 11.1 Å². The lowest BCUT2D eigenvalue weighted by Gasteiger charge is -2.24. The van der Waals surface area contributed by atoms with Gasteiger partial charge in [-0.05, 0) is 55.3 Å². The second kappa shape index (κ2) is 5.01. The van der Waals surface area contributed by atoms with E-state index in [1.165, 1.54) is 0 Å². The molecule has 0 bridgehead atoms. The van der Waals surface area contributed by atoms with E-state index in [2.05, 4.69) is 5.32 Å². The number of nitrogens with one attached hydrogen (secondary N) is 1. The Morgan fingerprint density at radius 2 is 1.62 bits per heavy atom. The first kappa shape index (κ1) is 12.6. The molecule has 0 amide bonds. The van der Waals surface area contributed by atoms with Gasteiger partial charge in [-0.2, -0.15) is 0 Å². The highest BCUT2D eigenvalue weighted by Crippen LogP contribution is 2.38. The van der Waals surface area contributed by atoms with Crippen LogP contribution in [0, 0.1) is 0 Å². The minimum atomic E-state index is 0.108. The summed E-state index contributed by atoms with van der Waals surface area (Å²) in [7, 11) is 0. The molecule has 2 aromatic rings. The van der Waals surface area contributed by atoms with Gasteiger partial charge in [-0.3, -0.25) is 4.79 Å². The van der Waals surface area contributed by atoms with Crippen LogP contribution in [0.25, 0.3) is 11.1 Å². The van der Waals surface area contributed by atoms with E-state index in [9.17, 15) is 4.79 Å². The van der Waals surface area contributed by atoms with Crippen molar-refractivity contribution in [2.45, 2.75) is 18.9 Å². The second-order valence-corrected chi connectivity index (χ2v) is 5.65. The molecule has 0 unspecified atom stereocenters. The van der Waals surface area contributed by atoms with Crippen molar-refractivity contribution in [1.29, 1.82) is 0 Å². The van der Waals surface area contributed by atoms with Crippen molar-refractivity contribution in [3.8, 4) is 16.9 Å². The maximum absolute atomic E-state index is 12.5. The zero-order chi connectivity index (χ0) is 14.2. The van der Waals surface area contributed by atoms with Gasteiger partial charge < -0.3 is 10.1 Å². The molecule has 0 spiro atoms. The normalized spacial score (nSPS) is 17.4. The number of piperidine rings is 1. The number of carbonyl (C=O) groups excluding carboxylic acids is 1. The standard InChI is InChI=1S/C18H17NO2/c20-18-16-4-2-1-3-14(16)15-6-5-13(11-17(15)18)21-12-7-9-19-10-8-12/h1-6,11-12,19H,7-10H2. The fraction of sp³-hybridized carbons (Fsp3) is 0.278. The number of benzene rings is 2. The first-order chi connectivity index (χ1) is 10.3. The molecular weight excluding hydrogens is 262 g/mol. The fourth-order valence-corrected chi connectivity index (χ4v) is 3.19. The Hall–Kier alpha value is -2.13. The first-order valence-corrected chi connectivity index (χ1v) is 7.48. The van der Waals surface area contributed by atoms with Crippen molar-refractivity contribution >= 4 is 5.78 Å². The number of carbonyl (C=O) groups is 1. The van der Waals surface area contributed by atoms with Crippen LogP contribution in [0.1, 0.15) is 28.8 Å². The monoisotopic (exact) mass is 279 g/mol. The Morgan fingerprint density at radius 3 is 2.43 bits per heavy atom. The minimum absolute atomic E-state index is 0.108. The highest BCUT2D eigenvalue weighted by molar-refractivity contribution is 6.21. The Morgan fingerprint density at radius 1 is 0.905 bits per heavy atom. The number of hydrogen-bond acceptors (Lipinski definition) is 3. The SMILES string of the molecule is O=C1c2ccccc2-c2ccc(OC3CCNCC3)cc21. The highest BCUT2D eigenvalue weighted by atomic mass is 16.5. The first-order valence-electron chi connectivity index (χ1n) is 7.48. The van der Waals surface area contributed by atoms with E-state index in [0.29, 0.717) is 0 Å². The average Bonchev–Trinajstić information content (AvgIpc) is 2.82. The molecular formula is C18H17NO2. The topological polar surface area (TPSA) is 38.3 Å². The zero-order valence-electron chi connectivity index (χ0n) is 11.8. The summed E-state index contributed by atoms with van der Waals surface area (Å²) in [5.41, 5.74) is 3.62. The molecule has 0 atom stereocenters. The van der Waals surface area contributed by atoms with Crippen LogP contribution < -0.4 is 10.1 Å². The predicted molar refractivity (Wildman–Crippen MR) is 81.8 cm³/mol. The van der Waals surface area contributed by atoms with Crippen molar-refractivity contribution in [1.82, 2.24) is 5.32 Å². The van der Waals surface area contributed by atoms with E-state index in [4.69, 9.17) is 4.74 Å². The number of ether oxygens (including phenoxy) is 1. The number of hydrogen-bond donors (Lipinski definition) is 1. The molecule has 3 nitrogen and oxygen atoms in total. The molecule has 4 rings (SSSR count). The van der Waals surface area contributed by atoms with Crippen molar-refractivity contribution < 1.29 is 9.53 Å². The Kier molecular flexibility index (Phi) is 3.00. The van der Waals surface area contributed by atoms with E-state index in [-0.39, 0.29) is 11.9 Å². The number of fused-ring (bicyclic) bond motifs is 3. The molecule has 1 aliphatic carbocycles. The zero-order valence-corrected chi connectivity index (χ0v) is 11.8. The lowest BCUT2D eigenvalue weighted by atomic mass is 10.1. The molecule has 21 heavy (non-hydrogen) atoms. The summed E-state index contributed by atoms with van der Waals surface area (Å²) in [5, 5.41) is 3.33. The van der Waals surface area contributed by atoms with Crippen LogP contribution in [0.5, 0.6) is 5.75 Å². The molecule has 0 radical (unpaired) electrons. The molecule has 1 fully saturated rings. The minimum Gasteiger partial charge on any atom is -0.490 e.